The Balaban J connectivity index is -0.000000325. The first kappa shape index (κ1) is 28.8. The van der Waals surface area contributed by atoms with E-state index in [0.29, 0.717) is 18.1 Å². The summed E-state index contributed by atoms with van der Waals surface area (Å²) < 4.78 is 0. The molecule has 0 aliphatic heterocycles. The normalized spacial score (nSPS) is 9.08. The standard InChI is InChI=1S/C9H12O2.C8H16O2.C2H7N.Zn/c1-7(2)8-3-5-9(11-10)6-4-8;1-2-3-4-5-6-7-8(9)10;1-3-2;/h3-7,10H,1-2H3;2-7H2,1H3,(H,9,10);3H,1-2H3;. The van der Waals surface area contributed by atoms with Crippen LogP contribution in [0.1, 0.15) is 70.8 Å². The van der Waals surface area contributed by atoms with E-state index in [4.69, 9.17) is 10.4 Å². The number of unbranched alkanes of at least 4 members (excludes halogenated alkanes) is 4. The summed E-state index contributed by atoms with van der Waals surface area (Å²) in [4.78, 5) is 14.1. The summed E-state index contributed by atoms with van der Waals surface area (Å²) in [6.07, 6.45) is 5.88. The molecule has 3 N–H and O–H groups in total. The number of carboxylic acids is 1. The summed E-state index contributed by atoms with van der Waals surface area (Å²) in [6, 6.07) is 7.37. The van der Waals surface area contributed by atoms with Gasteiger partial charge in [-0.1, -0.05) is 58.6 Å². The maximum absolute atomic E-state index is 10.0. The fourth-order valence-corrected chi connectivity index (χ4v) is 1.79. The fraction of sp³-hybridized carbons (Fsp3) is 0.632. The van der Waals surface area contributed by atoms with E-state index in [0.717, 1.165) is 12.8 Å². The van der Waals surface area contributed by atoms with Crippen molar-refractivity contribution in [3.63, 3.8) is 0 Å². The molecule has 0 fully saturated rings. The SMILES string of the molecule is CC(C)c1ccc(OO)cc1.CCCCCCCC(=O)O.CNC.[Zn]. The zero-order valence-corrected chi connectivity index (χ0v) is 19.5. The molecule has 0 saturated carbocycles. The molecule has 0 heterocycles. The van der Waals surface area contributed by atoms with E-state index in [-0.39, 0.29) is 19.5 Å². The predicted molar refractivity (Wildman–Crippen MR) is 99.8 cm³/mol. The fourth-order valence-electron chi connectivity index (χ4n) is 1.79. The molecule has 5 nitrogen and oxygen atoms in total. The molecule has 0 bridgehead atoms. The van der Waals surface area contributed by atoms with E-state index in [1.807, 2.05) is 26.2 Å². The van der Waals surface area contributed by atoms with Crippen LogP contribution < -0.4 is 10.2 Å². The molecule has 0 aromatic heterocycles. The van der Waals surface area contributed by atoms with Crippen LogP contribution in [0.4, 0.5) is 0 Å². The number of carbonyl (C=O) groups is 1. The Bertz CT molecular complexity index is 397. The summed E-state index contributed by atoms with van der Waals surface area (Å²) in [5.74, 6) is 0.327. The monoisotopic (exact) mass is 405 g/mol. The van der Waals surface area contributed by atoms with Crippen molar-refractivity contribution < 1.29 is 39.5 Å². The zero-order chi connectivity index (χ0) is 18.8. The van der Waals surface area contributed by atoms with E-state index in [9.17, 15) is 4.79 Å². The molecular formula is C19H35NO4Zn. The number of nitrogens with one attached hydrogen (secondary N) is 1. The average Bonchev–Trinajstić information content (AvgIpc) is 2.56. The van der Waals surface area contributed by atoms with Gasteiger partial charge in [0.25, 0.3) is 0 Å². The molecule has 0 aliphatic rings. The molecule has 1 rings (SSSR count). The Labute approximate surface area is 165 Å². The van der Waals surface area contributed by atoms with Crippen LogP contribution >= 0.6 is 0 Å². The van der Waals surface area contributed by atoms with Gasteiger partial charge in [-0.05, 0) is 44.1 Å². The molecule has 0 saturated heterocycles. The third kappa shape index (κ3) is 21.0. The molecule has 0 atom stereocenters. The average molecular weight is 407 g/mol. The minimum Gasteiger partial charge on any atom is -0.481 e. The molecule has 0 spiro atoms. The Morgan fingerprint density at radius 3 is 1.92 bits per heavy atom. The molecule has 0 unspecified atom stereocenters. The molecule has 0 aliphatic carbocycles. The topological polar surface area (TPSA) is 78.8 Å². The molecule has 0 radical (unpaired) electrons. The van der Waals surface area contributed by atoms with Crippen LogP contribution in [-0.4, -0.2) is 30.4 Å². The third-order valence-corrected chi connectivity index (χ3v) is 3.15. The number of rotatable bonds is 8. The molecular weight excluding hydrogens is 372 g/mol. The first-order valence-corrected chi connectivity index (χ1v) is 8.64. The number of benzene rings is 1. The molecule has 1 aromatic rings. The van der Waals surface area contributed by atoms with Crippen LogP contribution in [-0.2, 0) is 24.3 Å². The maximum atomic E-state index is 10.0. The second kappa shape index (κ2) is 21.1. The second-order valence-electron chi connectivity index (χ2n) is 5.87. The van der Waals surface area contributed by atoms with Crippen LogP contribution in [0.5, 0.6) is 5.75 Å². The molecule has 142 valence electrons. The van der Waals surface area contributed by atoms with Gasteiger partial charge in [-0.15, -0.1) is 0 Å². The van der Waals surface area contributed by atoms with Gasteiger partial charge < -0.3 is 15.3 Å². The molecule has 6 heteroatoms. The number of carboxylic acid groups (broad SMARTS) is 1. The molecule has 1 aromatic carbocycles. The van der Waals surface area contributed by atoms with Gasteiger partial charge in [0.15, 0.2) is 5.75 Å². The second-order valence-corrected chi connectivity index (χ2v) is 5.87. The largest absolute Gasteiger partial charge is 0.481 e. The van der Waals surface area contributed by atoms with Crippen LogP contribution in [0.2, 0.25) is 0 Å². The van der Waals surface area contributed by atoms with Gasteiger partial charge in [0, 0.05) is 25.9 Å². The van der Waals surface area contributed by atoms with Crippen LogP contribution in [0.15, 0.2) is 24.3 Å². The van der Waals surface area contributed by atoms with Crippen LogP contribution in [0.3, 0.4) is 0 Å². The smallest absolute Gasteiger partial charge is 0.303 e. The van der Waals surface area contributed by atoms with E-state index in [2.05, 4.69) is 31.0 Å². The summed E-state index contributed by atoms with van der Waals surface area (Å²) in [5, 5.41) is 19.3. The Morgan fingerprint density at radius 2 is 1.56 bits per heavy atom. The van der Waals surface area contributed by atoms with Gasteiger partial charge in [0.1, 0.15) is 0 Å². The minimum absolute atomic E-state index is 0. The van der Waals surface area contributed by atoms with Crippen molar-refractivity contribution in [3.8, 4) is 5.75 Å². The summed E-state index contributed by atoms with van der Waals surface area (Å²) in [6.45, 7) is 6.39. The van der Waals surface area contributed by atoms with Crippen molar-refractivity contribution in [3.05, 3.63) is 29.8 Å². The van der Waals surface area contributed by atoms with E-state index in [1.54, 1.807) is 12.1 Å². The Hall–Kier alpha value is -0.967. The Morgan fingerprint density at radius 1 is 1.08 bits per heavy atom. The van der Waals surface area contributed by atoms with Gasteiger partial charge in [0.05, 0.1) is 0 Å². The van der Waals surface area contributed by atoms with Gasteiger partial charge >= 0.3 is 5.97 Å². The van der Waals surface area contributed by atoms with E-state index < -0.39 is 5.97 Å². The zero-order valence-electron chi connectivity index (χ0n) is 16.5. The summed E-state index contributed by atoms with van der Waals surface area (Å²) in [7, 11) is 3.75. The van der Waals surface area contributed by atoms with E-state index >= 15 is 0 Å². The number of hydrogen-bond donors (Lipinski definition) is 3. The van der Waals surface area contributed by atoms with Gasteiger partial charge in [-0.2, -0.15) is 0 Å². The quantitative estimate of drug-likeness (QED) is 0.247. The predicted octanol–water partition coefficient (Wildman–Crippen LogP) is 4.93. The van der Waals surface area contributed by atoms with Crippen molar-refractivity contribution in [1.29, 1.82) is 0 Å². The van der Waals surface area contributed by atoms with Crippen molar-refractivity contribution in [2.45, 2.75) is 65.2 Å². The van der Waals surface area contributed by atoms with Gasteiger partial charge in [0.2, 0.25) is 0 Å². The van der Waals surface area contributed by atoms with E-state index in [1.165, 1.54) is 24.8 Å². The number of hydrogen-bond acceptors (Lipinski definition) is 4. The van der Waals surface area contributed by atoms with Crippen molar-refractivity contribution >= 4 is 5.97 Å². The van der Waals surface area contributed by atoms with Crippen molar-refractivity contribution in [2.75, 3.05) is 14.1 Å². The van der Waals surface area contributed by atoms with Crippen LogP contribution in [0, 0.1) is 0 Å². The first-order chi connectivity index (χ1) is 11.4. The van der Waals surface area contributed by atoms with Crippen LogP contribution in [0.25, 0.3) is 0 Å². The van der Waals surface area contributed by atoms with Gasteiger partial charge in [-0.25, -0.2) is 5.26 Å². The maximum Gasteiger partial charge on any atom is 0.303 e. The van der Waals surface area contributed by atoms with Crippen molar-refractivity contribution in [2.24, 2.45) is 0 Å². The molecule has 25 heavy (non-hydrogen) atoms. The minimum atomic E-state index is -0.670. The summed E-state index contributed by atoms with van der Waals surface area (Å²) >= 11 is 0. The summed E-state index contributed by atoms with van der Waals surface area (Å²) in [5.41, 5.74) is 1.24. The van der Waals surface area contributed by atoms with Crippen molar-refractivity contribution in [1.82, 2.24) is 5.32 Å². The first-order valence-electron chi connectivity index (χ1n) is 8.64. The van der Waals surface area contributed by atoms with Gasteiger partial charge in [-0.3, -0.25) is 4.79 Å². The number of aliphatic carboxylic acids is 1. The molecule has 0 amide bonds. The Kier molecular flexibility index (Phi) is 24.3. The third-order valence-electron chi connectivity index (χ3n) is 3.15.